The highest BCUT2D eigenvalue weighted by atomic mass is 16.4. The van der Waals surface area contributed by atoms with Gasteiger partial charge in [-0.15, -0.1) is 0 Å². The van der Waals surface area contributed by atoms with E-state index in [1.165, 1.54) is 0 Å². The van der Waals surface area contributed by atoms with Gasteiger partial charge < -0.3 is 10.2 Å². The molecule has 0 bridgehead atoms. The Morgan fingerprint density at radius 2 is 1.75 bits per heavy atom. The van der Waals surface area contributed by atoms with E-state index in [9.17, 15) is 9.59 Å². The average Bonchev–Trinajstić information content (AvgIpc) is 2.24. The highest BCUT2D eigenvalue weighted by Crippen LogP contribution is 2.09. The van der Waals surface area contributed by atoms with Crippen molar-refractivity contribution in [3.8, 4) is 0 Å². The maximum Gasteiger partial charge on any atom is 0.303 e. The number of hydrogen-bond acceptors (Lipinski definition) is 2. The SMILES string of the molecule is O=C(O)CCc1[c]ccc(CCC(=O)O)c1. The molecule has 0 unspecified atom stereocenters. The van der Waals surface area contributed by atoms with Gasteiger partial charge in [-0.3, -0.25) is 9.59 Å². The van der Waals surface area contributed by atoms with E-state index in [1.807, 2.05) is 6.07 Å². The molecule has 0 amide bonds. The summed E-state index contributed by atoms with van der Waals surface area (Å²) in [4.78, 5) is 20.8. The lowest BCUT2D eigenvalue weighted by atomic mass is 10.0. The van der Waals surface area contributed by atoms with Crippen LogP contribution in [0.25, 0.3) is 0 Å². The van der Waals surface area contributed by atoms with Gasteiger partial charge in [0.15, 0.2) is 0 Å². The van der Waals surface area contributed by atoms with Crippen LogP contribution in [-0.4, -0.2) is 22.2 Å². The fourth-order valence-corrected chi connectivity index (χ4v) is 1.36. The first-order chi connectivity index (χ1) is 7.58. The topological polar surface area (TPSA) is 74.6 Å². The third-order valence-corrected chi connectivity index (χ3v) is 2.16. The Kier molecular flexibility index (Phi) is 4.51. The monoisotopic (exact) mass is 221 g/mol. The molecular weight excluding hydrogens is 208 g/mol. The van der Waals surface area contributed by atoms with Crippen LogP contribution in [0.5, 0.6) is 0 Å². The average molecular weight is 221 g/mol. The van der Waals surface area contributed by atoms with E-state index in [1.54, 1.807) is 12.1 Å². The van der Waals surface area contributed by atoms with Gasteiger partial charge in [0.1, 0.15) is 0 Å². The fraction of sp³-hybridized carbons (Fsp3) is 0.333. The van der Waals surface area contributed by atoms with Crippen molar-refractivity contribution in [2.75, 3.05) is 0 Å². The normalized spacial score (nSPS) is 10.0. The third kappa shape index (κ3) is 4.59. The van der Waals surface area contributed by atoms with Crippen molar-refractivity contribution in [2.24, 2.45) is 0 Å². The smallest absolute Gasteiger partial charge is 0.303 e. The first-order valence-corrected chi connectivity index (χ1v) is 5.01. The van der Waals surface area contributed by atoms with Crippen LogP contribution in [0.15, 0.2) is 18.2 Å². The maximum atomic E-state index is 10.4. The van der Waals surface area contributed by atoms with Crippen LogP contribution < -0.4 is 0 Å². The molecular formula is C12H13O4. The summed E-state index contributed by atoms with van der Waals surface area (Å²) in [6.45, 7) is 0. The van der Waals surface area contributed by atoms with E-state index in [0.29, 0.717) is 12.8 Å². The lowest BCUT2D eigenvalue weighted by molar-refractivity contribution is -0.137. The Hall–Kier alpha value is -1.84. The van der Waals surface area contributed by atoms with Gasteiger partial charge in [-0.25, -0.2) is 0 Å². The molecule has 0 spiro atoms. The quantitative estimate of drug-likeness (QED) is 0.763. The standard InChI is InChI=1S/C12H13O4/c13-11(14)6-4-9-2-1-3-10(8-9)5-7-12(15)16/h1-2,8H,4-7H2,(H,13,14)(H,15,16). The lowest BCUT2D eigenvalue weighted by Gasteiger charge is -2.02. The summed E-state index contributed by atoms with van der Waals surface area (Å²) in [5.41, 5.74) is 1.71. The Morgan fingerprint density at radius 1 is 1.12 bits per heavy atom. The highest BCUT2D eigenvalue weighted by molar-refractivity contribution is 5.67. The second-order valence-electron chi connectivity index (χ2n) is 3.51. The maximum absolute atomic E-state index is 10.4. The summed E-state index contributed by atoms with van der Waals surface area (Å²) < 4.78 is 0. The van der Waals surface area contributed by atoms with Crippen molar-refractivity contribution in [2.45, 2.75) is 25.7 Å². The van der Waals surface area contributed by atoms with Crippen LogP contribution in [0.4, 0.5) is 0 Å². The number of carbonyl (C=O) groups is 2. The number of aliphatic carboxylic acids is 2. The molecule has 16 heavy (non-hydrogen) atoms. The molecule has 1 rings (SSSR count). The van der Waals surface area contributed by atoms with Crippen molar-refractivity contribution in [1.29, 1.82) is 0 Å². The van der Waals surface area contributed by atoms with Gasteiger partial charge >= 0.3 is 11.9 Å². The molecule has 85 valence electrons. The highest BCUT2D eigenvalue weighted by Gasteiger charge is 2.02. The number of rotatable bonds is 6. The van der Waals surface area contributed by atoms with Crippen molar-refractivity contribution in [3.05, 3.63) is 35.4 Å². The number of aryl methyl sites for hydroxylation is 2. The molecule has 0 heterocycles. The van der Waals surface area contributed by atoms with E-state index in [4.69, 9.17) is 10.2 Å². The molecule has 1 radical (unpaired) electrons. The van der Waals surface area contributed by atoms with Crippen molar-refractivity contribution in [3.63, 3.8) is 0 Å². The molecule has 1 aromatic rings. The summed E-state index contributed by atoms with van der Waals surface area (Å²) >= 11 is 0. The Morgan fingerprint density at radius 3 is 2.38 bits per heavy atom. The molecule has 0 aliphatic carbocycles. The lowest BCUT2D eigenvalue weighted by Crippen LogP contribution is -2.00. The number of carboxylic acids is 2. The molecule has 0 aromatic heterocycles. The largest absolute Gasteiger partial charge is 0.481 e. The molecule has 4 heteroatoms. The first kappa shape index (κ1) is 12.2. The fourth-order valence-electron chi connectivity index (χ4n) is 1.36. The number of benzene rings is 1. The zero-order valence-corrected chi connectivity index (χ0v) is 8.77. The molecule has 0 saturated heterocycles. The predicted molar refractivity (Wildman–Crippen MR) is 57.2 cm³/mol. The van der Waals surface area contributed by atoms with Gasteiger partial charge in [0, 0.05) is 12.8 Å². The molecule has 0 fully saturated rings. The number of hydrogen-bond donors (Lipinski definition) is 2. The molecule has 0 aliphatic rings. The molecule has 0 atom stereocenters. The summed E-state index contributed by atoms with van der Waals surface area (Å²) in [5.74, 6) is -1.68. The van der Waals surface area contributed by atoms with Crippen LogP contribution >= 0.6 is 0 Å². The minimum atomic E-state index is -0.843. The minimum Gasteiger partial charge on any atom is -0.481 e. The third-order valence-electron chi connectivity index (χ3n) is 2.16. The van der Waals surface area contributed by atoms with Crippen LogP contribution in [0.3, 0.4) is 0 Å². The second kappa shape index (κ2) is 5.90. The number of carboxylic acid groups (broad SMARTS) is 2. The summed E-state index contributed by atoms with van der Waals surface area (Å²) in [7, 11) is 0. The van der Waals surface area contributed by atoms with Gasteiger partial charge in [0.05, 0.1) is 0 Å². The minimum absolute atomic E-state index is 0.0683. The van der Waals surface area contributed by atoms with Gasteiger partial charge in [0.25, 0.3) is 0 Å². The molecule has 1 aromatic carbocycles. The zero-order valence-electron chi connectivity index (χ0n) is 8.77. The van der Waals surface area contributed by atoms with Crippen LogP contribution in [0, 0.1) is 6.07 Å². The summed E-state index contributed by atoms with van der Waals surface area (Å²) in [6, 6.07) is 8.25. The molecule has 0 saturated carbocycles. The molecule has 4 nitrogen and oxygen atoms in total. The summed E-state index contributed by atoms with van der Waals surface area (Å²) in [6.07, 6.45) is 1.04. The van der Waals surface area contributed by atoms with Gasteiger partial charge in [-0.1, -0.05) is 18.2 Å². The van der Waals surface area contributed by atoms with E-state index in [-0.39, 0.29) is 12.8 Å². The van der Waals surface area contributed by atoms with Crippen molar-refractivity contribution in [1.82, 2.24) is 0 Å². The molecule has 0 aliphatic heterocycles. The van der Waals surface area contributed by atoms with E-state index >= 15 is 0 Å². The Balaban J connectivity index is 2.56. The summed E-state index contributed by atoms with van der Waals surface area (Å²) in [5, 5.41) is 17.1. The van der Waals surface area contributed by atoms with Crippen LogP contribution in [-0.2, 0) is 22.4 Å². The van der Waals surface area contributed by atoms with Crippen molar-refractivity contribution >= 4 is 11.9 Å². The van der Waals surface area contributed by atoms with Gasteiger partial charge in [-0.05, 0) is 30.0 Å². The first-order valence-electron chi connectivity index (χ1n) is 5.01. The van der Waals surface area contributed by atoms with Crippen LogP contribution in [0.2, 0.25) is 0 Å². The van der Waals surface area contributed by atoms with Gasteiger partial charge in [0.2, 0.25) is 0 Å². The zero-order chi connectivity index (χ0) is 12.0. The van der Waals surface area contributed by atoms with Crippen LogP contribution in [0.1, 0.15) is 24.0 Å². The van der Waals surface area contributed by atoms with E-state index < -0.39 is 11.9 Å². The van der Waals surface area contributed by atoms with E-state index in [2.05, 4.69) is 6.07 Å². The van der Waals surface area contributed by atoms with Crippen molar-refractivity contribution < 1.29 is 19.8 Å². The molecule has 2 N–H and O–H groups in total. The Bertz CT molecular complexity index is 351. The van der Waals surface area contributed by atoms with Gasteiger partial charge in [-0.2, -0.15) is 0 Å². The predicted octanol–water partition coefficient (Wildman–Crippen LogP) is 1.52. The Labute approximate surface area is 93.5 Å². The second-order valence-corrected chi connectivity index (χ2v) is 3.51. The van der Waals surface area contributed by atoms with E-state index in [0.717, 1.165) is 11.1 Å².